The number of hydrogen-bond acceptors (Lipinski definition) is 3. The zero-order chi connectivity index (χ0) is 15.5. The number of hydrogen-bond donors (Lipinski definition) is 1. The van der Waals surface area contributed by atoms with Crippen molar-refractivity contribution in [2.24, 2.45) is 0 Å². The largest absolute Gasteiger partial charge is 0.383 e. The molecule has 1 atom stereocenters. The Morgan fingerprint density at radius 3 is 2.62 bits per heavy atom. The van der Waals surface area contributed by atoms with Crippen molar-refractivity contribution in [3.8, 4) is 0 Å². The van der Waals surface area contributed by atoms with Crippen LogP contribution in [0.5, 0.6) is 0 Å². The van der Waals surface area contributed by atoms with E-state index in [0.717, 1.165) is 39.3 Å². The van der Waals surface area contributed by atoms with E-state index in [-0.39, 0.29) is 0 Å². The van der Waals surface area contributed by atoms with Gasteiger partial charge in [-0.15, -0.1) is 6.58 Å². The van der Waals surface area contributed by atoms with Crippen LogP contribution in [0.4, 0.5) is 0 Å². The van der Waals surface area contributed by atoms with Gasteiger partial charge in [-0.2, -0.15) is 0 Å². The van der Waals surface area contributed by atoms with Crippen LogP contribution in [0, 0.1) is 0 Å². The molecule has 21 heavy (non-hydrogen) atoms. The number of nitrogens with one attached hydrogen (secondary N) is 1. The molecule has 1 aromatic carbocycles. The molecule has 0 fully saturated rings. The number of nitrogens with zero attached hydrogens (tertiary/aromatic N) is 1. The Morgan fingerprint density at radius 1 is 1.33 bits per heavy atom. The lowest BCUT2D eigenvalue weighted by atomic mass is 9.99. The maximum absolute atomic E-state index is 5.16. The predicted molar refractivity (Wildman–Crippen MR) is 90.8 cm³/mol. The molecule has 1 rings (SSSR count). The van der Waals surface area contributed by atoms with Crippen LogP contribution in [0.3, 0.4) is 0 Å². The van der Waals surface area contributed by atoms with Gasteiger partial charge in [0.1, 0.15) is 0 Å². The Balaban J connectivity index is 2.57. The van der Waals surface area contributed by atoms with Crippen molar-refractivity contribution in [1.82, 2.24) is 10.2 Å². The van der Waals surface area contributed by atoms with E-state index in [1.165, 1.54) is 11.1 Å². The molecule has 0 aliphatic rings. The first-order valence-corrected chi connectivity index (χ1v) is 7.83. The highest BCUT2D eigenvalue weighted by molar-refractivity contribution is 5.25. The van der Waals surface area contributed by atoms with Crippen LogP contribution in [-0.4, -0.2) is 44.8 Å². The molecular weight excluding hydrogens is 260 g/mol. The summed E-state index contributed by atoms with van der Waals surface area (Å²) in [5.41, 5.74) is 2.74. The smallest absolute Gasteiger partial charge is 0.0589 e. The summed E-state index contributed by atoms with van der Waals surface area (Å²) in [6.45, 7) is 13.8. The van der Waals surface area contributed by atoms with Gasteiger partial charge in [-0.05, 0) is 23.6 Å². The van der Waals surface area contributed by atoms with E-state index >= 15 is 0 Å². The third-order valence-electron chi connectivity index (χ3n) is 3.65. The number of methoxy groups -OCH3 is 1. The minimum Gasteiger partial charge on any atom is -0.383 e. The fourth-order valence-electron chi connectivity index (χ4n) is 2.33. The highest BCUT2D eigenvalue weighted by atomic mass is 16.5. The molecule has 0 spiro atoms. The molecule has 3 nitrogen and oxygen atoms in total. The Hall–Kier alpha value is -1.16. The summed E-state index contributed by atoms with van der Waals surface area (Å²) in [5.74, 6) is 0.553. The molecule has 0 bridgehead atoms. The zero-order valence-electron chi connectivity index (χ0n) is 13.8. The average molecular weight is 290 g/mol. The first-order chi connectivity index (χ1) is 10.2. The molecule has 0 heterocycles. The summed E-state index contributed by atoms with van der Waals surface area (Å²) < 4.78 is 5.16. The maximum Gasteiger partial charge on any atom is 0.0589 e. The lowest BCUT2D eigenvalue weighted by molar-refractivity contribution is 0.151. The SMILES string of the molecule is C=CCN(CCOC)Cc1ccc(C(C)CNCC)cc1. The van der Waals surface area contributed by atoms with Gasteiger partial charge in [-0.1, -0.05) is 44.2 Å². The van der Waals surface area contributed by atoms with E-state index < -0.39 is 0 Å². The van der Waals surface area contributed by atoms with Crippen molar-refractivity contribution in [3.05, 3.63) is 48.0 Å². The summed E-state index contributed by atoms with van der Waals surface area (Å²) in [6.07, 6.45) is 1.95. The Morgan fingerprint density at radius 2 is 2.05 bits per heavy atom. The van der Waals surface area contributed by atoms with E-state index in [2.05, 4.69) is 54.9 Å². The molecule has 3 heteroatoms. The minimum atomic E-state index is 0.553. The Labute approximate surface area is 130 Å². The molecular formula is C18H30N2O. The number of likely N-dealkylation sites (N-methyl/N-ethyl adjacent to an activating group) is 1. The second-order valence-corrected chi connectivity index (χ2v) is 5.47. The minimum absolute atomic E-state index is 0.553. The summed E-state index contributed by atoms with van der Waals surface area (Å²) in [7, 11) is 1.74. The van der Waals surface area contributed by atoms with Crippen LogP contribution in [0.2, 0.25) is 0 Å². The van der Waals surface area contributed by atoms with Crippen LogP contribution < -0.4 is 5.32 Å². The van der Waals surface area contributed by atoms with Crippen LogP contribution in [-0.2, 0) is 11.3 Å². The van der Waals surface area contributed by atoms with Gasteiger partial charge in [0.05, 0.1) is 6.61 Å². The number of benzene rings is 1. The molecule has 0 aromatic heterocycles. The van der Waals surface area contributed by atoms with Gasteiger partial charge in [0.2, 0.25) is 0 Å². The van der Waals surface area contributed by atoms with Crippen molar-refractivity contribution in [2.45, 2.75) is 26.3 Å². The predicted octanol–water partition coefficient (Wildman–Crippen LogP) is 3.03. The van der Waals surface area contributed by atoms with Crippen LogP contribution in [0.25, 0.3) is 0 Å². The van der Waals surface area contributed by atoms with Crippen molar-refractivity contribution in [2.75, 3.05) is 39.9 Å². The normalized spacial score (nSPS) is 12.6. The van der Waals surface area contributed by atoms with Gasteiger partial charge in [-0.25, -0.2) is 0 Å². The fourth-order valence-corrected chi connectivity index (χ4v) is 2.33. The van der Waals surface area contributed by atoms with Crippen LogP contribution in [0.15, 0.2) is 36.9 Å². The standard InChI is InChI=1S/C18H30N2O/c1-5-11-20(12-13-21-4)15-17-7-9-18(10-8-17)16(3)14-19-6-2/h5,7-10,16,19H,1,6,11-15H2,2-4H3. The van der Waals surface area contributed by atoms with Crippen LogP contribution in [0.1, 0.15) is 30.9 Å². The highest BCUT2D eigenvalue weighted by Crippen LogP contribution is 2.16. The van der Waals surface area contributed by atoms with Gasteiger partial charge in [0.25, 0.3) is 0 Å². The lowest BCUT2D eigenvalue weighted by Crippen LogP contribution is -2.27. The van der Waals surface area contributed by atoms with Crippen molar-refractivity contribution >= 4 is 0 Å². The molecule has 1 aromatic rings. The van der Waals surface area contributed by atoms with Crippen molar-refractivity contribution in [1.29, 1.82) is 0 Å². The van der Waals surface area contributed by atoms with E-state index in [1.54, 1.807) is 7.11 Å². The first kappa shape index (κ1) is 17.9. The molecule has 0 saturated heterocycles. The molecule has 1 unspecified atom stereocenters. The lowest BCUT2D eigenvalue weighted by Gasteiger charge is -2.20. The van der Waals surface area contributed by atoms with E-state index in [9.17, 15) is 0 Å². The third kappa shape index (κ3) is 6.89. The van der Waals surface area contributed by atoms with Gasteiger partial charge in [0, 0.05) is 33.3 Å². The van der Waals surface area contributed by atoms with Crippen LogP contribution >= 0.6 is 0 Å². The van der Waals surface area contributed by atoms with E-state index in [1.807, 2.05) is 6.08 Å². The molecule has 0 aliphatic heterocycles. The van der Waals surface area contributed by atoms with Crippen molar-refractivity contribution in [3.63, 3.8) is 0 Å². The maximum atomic E-state index is 5.16. The monoisotopic (exact) mass is 290 g/mol. The molecule has 0 saturated carbocycles. The van der Waals surface area contributed by atoms with E-state index in [4.69, 9.17) is 4.74 Å². The summed E-state index contributed by atoms with van der Waals surface area (Å²) in [5, 5.41) is 3.40. The Kier molecular flexibility index (Phi) is 8.99. The van der Waals surface area contributed by atoms with Gasteiger partial charge in [0.15, 0.2) is 0 Å². The second-order valence-electron chi connectivity index (χ2n) is 5.47. The summed E-state index contributed by atoms with van der Waals surface area (Å²) in [4.78, 5) is 2.34. The van der Waals surface area contributed by atoms with Gasteiger partial charge >= 0.3 is 0 Å². The number of ether oxygens (including phenoxy) is 1. The third-order valence-corrected chi connectivity index (χ3v) is 3.65. The van der Waals surface area contributed by atoms with Gasteiger partial charge < -0.3 is 10.1 Å². The molecule has 118 valence electrons. The average Bonchev–Trinajstić information content (AvgIpc) is 2.51. The topological polar surface area (TPSA) is 24.5 Å². The fraction of sp³-hybridized carbons (Fsp3) is 0.556. The quantitative estimate of drug-likeness (QED) is 0.634. The van der Waals surface area contributed by atoms with Gasteiger partial charge in [-0.3, -0.25) is 4.90 Å². The summed E-state index contributed by atoms with van der Waals surface area (Å²) in [6, 6.07) is 8.97. The molecule has 0 amide bonds. The highest BCUT2D eigenvalue weighted by Gasteiger charge is 2.07. The second kappa shape index (κ2) is 10.6. The molecule has 0 aliphatic carbocycles. The first-order valence-electron chi connectivity index (χ1n) is 7.83. The Bertz CT molecular complexity index is 389. The molecule has 1 N–H and O–H groups in total. The number of rotatable bonds is 11. The zero-order valence-corrected chi connectivity index (χ0v) is 13.8. The van der Waals surface area contributed by atoms with E-state index in [0.29, 0.717) is 5.92 Å². The molecule has 0 radical (unpaired) electrons. The summed E-state index contributed by atoms with van der Waals surface area (Å²) >= 11 is 0. The van der Waals surface area contributed by atoms with Crippen molar-refractivity contribution < 1.29 is 4.74 Å².